The standard InChI is InChI=1S/C29H42BrN3O4S/c1-7-13-31-24(35)20-21-26(37)33(19(15-34)17-11-9-8-10-12-17)23(29(21)14-18(30)22(20)38-29)25(36)32-28(5,6)16-27(2,3)4/h8-12,18-23,34H,7,13-16H2,1-6H3,(H,31,35)(H,32,36)/t18?,19-,20+,21+,22+,23?,29?/m1/s1. The number of thioether (sulfide) groups is 1. The smallest absolute Gasteiger partial charge is 0.244 e. The number of alkyl halides is 1. The summed E-state index contributed by atoms with van der Waals surface area (Å²) in [5.74, 6) is -1.71. The number of nitrogens with zero attached hydrogens (tertiary/aromatic N) is 1. The zero-order chi connectivity index (χ0) is 28.0. The Balaban J connectivity index is 1.79. The summed E-state index contributed by atoms with van der Waals surface area (Å²) in [4.78, 5) is 43.8. The van der Waals surface area contributed by atoms with Crippen molar-refractivity contribution in [2.24, 2.45) is 17.3 Å². The quantitative estimate of drug-likeness (QED) is 0.368. The van der Waals surface area contributed by atoms with Crippen LogP contribution in [-0.4, -0.2) is 67.3 Å². The van der Waals surface area contributed by atoms with Gasteiger partial charge in [-0.3, -0.25) is 14.4 Å². The van der Waals surface area contributed by atoms with Crippen LogP contribution in [0.4, 0.5) is 0 Å². The van der Waals surface area contributed by atoms with Gasteiger partial charge in [-0.05, 0) is 44.1 Å². The van der Waals surface area contributed by atoms with Crippen LogP contribution in [0.25, 0.3) is 0 Å². The summed E-state index contributed by atoms with van der Waals surface area (Å²) < 4.78 is -0.756. The molecule has 3 saturated heterocycles. The van der Waals surface area contributed by atoms with Crippen LogP contribution in [-0.2, 0) is 14.4 Å². The van der Waals surface area contributed by atoms with Crippen molar-refractivity contribution in [3.05, 3.63) is 35.9 Å². The molecule has 7 nitrogen and oxygen atoms in total. The first-order valence-electron chi connectivity index (χ1n) is 13.7. The Kier molecular flexibility index (Phi) is 8.33. The highest BCUT2D eigenvalue weighted by Crippen LogP contribution is 2.68. The monoisotopic (exact) mass is 607 g/mol. The molecule has 4 rings (SSSR count). The van der Waals surface area contributed by atoms with Gasteiger partial charge >= 0.3 is 0 Å². The fourth-order valence-electron chi connectivity index (χ4n) is 7.17. The lowest BCUT2D eigenvalue weighted by Gasteiger charge is -2.40. The molecule has 1 spiro atoms. The fourth-order valence-corrected chi connectivity index (χ4v) is 10.8. The predicted molar refractivity (Wildman–Crippen MR) is 155 cm³/mol. The average Bonchev–Trinajstić information content (AvgIpc) is 3.40. The fraction of sp³-hybridized carbons (Fsp3) is 0.690. The number of aliphatic hydroxyl groups excluding tert-OH is 1. The highest BCUT2D eigenvalue weighted by atomic mass is 79.9. The topological polar surface area (TPSA) is 98.7 Å². The highest BCUT2D eigenvalue weighted by molar-refractivity contribution is 9.09. The summed E-state index contributed by atoms with van der Waals surface area (Å²) in [6.07, 6.45) is 2.17. The van der Waals surface area contributed by atoms with Crippen LogP contribution in [0.15, 0.2) is 30.3 Å². The number of hydrogen-bond donors (Lipinski definition) is 3. The van der Waals surface area contributed by atoms with Gasteiger partial charge in [0.15, 0.2) is 0 Å². The van der Waals surface area contributed by atoms with E-state index in [1.165, 1.54) is 0 Å². The highest BCUT2D eigenvalue weighted by Gasteiger charge is 2.76. The lowest BCUT2D eigenvalue weighted by Crippen LogP contribution is -2.59. The number of rotatable bonds is 9. The van der Waals surface area contributed by atoms with Gasteiger partial charge in [0.1, 0.15) is 6.04 Å². The largest absolute Gasteiger partial charge is 0.394 e. The summed E-state index contributed by atoms with van der Waals surface area (Å²) in [7, 11) is 0. The molecule has 1 aromatic rings. The molecular formula is C29H42BrN3O4S. The molecule has 0 radical (unpaired) electrons. The first kappa shape index (κ1) is 29.4. The Labute approximate surface area is 239 Å². The van der Waals surface area contributed by atoms with Gasteiger partial charge in [-0.2, -0.15) is 0 Å². The number of carbonyl (C=O) groups is 3. The summed E-state index contributed by atoms with van der Waals surface area (Å²) in [6.45, 7) is 12.7. The maximum Gasteiger partial charge on any atom is 0.244 e. The molecule has 210 valence electrons. The van der Waals surface area contributed by atoms with Crippen molar-refractivity contribution >= 4 is 45.4 Å². The summed E-state index contributed by atoms with van der Waals surface area (Å²) in [6, 6.07) is 7.89. The van der Waals surface area contributed by atoms with Crippen LogP contribution in [0.3, 0.4) is 0 Å². The Bertz CT molecular complexity index is 1060. The second kappa shape index (κ2) is 10.8. The minimum absolute atomic E-state index is 0.00949. The van der Waals surface area contributed by atoms with Gasteiger partial charge in [-0.1, -0.05) is 74.0 Å². The maximum absolute atomic E-state index is 14.4. The van der Waals surface area contributed by atoms with Crippen molar-refractivity contribution in [2.45, 2.75) is 93.3 Å². The molecule has 7 atom stereocenters. The second-order valence-corrected chi connectivity index (χ2v) is 15.6. The first-order valence-corrected chi connectivity index (χ1v) is 15.5. The van der Waals surface area contributed by atoms with E-state index in [0.717, 1.165) is 18.4 Å². The van der Waals surface area contributed by atoms with E-state index >= 15 is 0 Å². The second-order valence-electron chi connectivity index (χ2n) is 12.9. The summed E-state index contributed by atoms with van der Waals surface area (Å²) in [5, 5.41) is 16.8. The molecule has 0 aliphatic carbocycles. The van der Waals surface area contributed by atoms with Crippen LogP contribution >= 0.6 is 27.7 Å². The third kappa shape index (κ3) is 5.27. The van der Waals surface area contributed by atoms with Gasteiger partial charge < -0.3 is 20.6 Å². The molecule has 3 amide bonds. The van der Waals surface area contributed by atoms with Crippen molar-refractivity contribution < 1.29 is 19.5 Å². The summed E-state index contributed by atoms with van der Waals surface area (Å²) in [5.41, 5.74) is 0.255. The molecule has 9 heteroatoms. The number of amides is 3. The Hall–Kier alpha value is -1.58. The number of carbonyl (C=O) groups excluding carboxylic acids is 3. The molecule has 1 aromatic carbocycles. The van der Waals surface area contributed by atoms with Crippen molar-refractivity contribution in [3.63, 3.8) is 0 Å². The van der Waals surface area contributed by atoms with Gasteiger partial charge in [0.2, 0.25) is 17.7 Å². The summed E-state index contributed by atoms with van der Waals surface area (Å²) >= 11 is 5.43. The van der Waals surface area contributed by atoms with Crippen LogP contribution in [0, 0.1) is 17.3 Å². The molecule has 2 bridgehead atoms. The molecule has 38 heavy (non-hydrogen) atoms. The van der Waals surface area contributed by atoms with Gasteiger partial charge in [0, 0.05) is 22.2 Å². The normalized spacial score (nSPS) is 31.3. The zero-order valence-corrected chi connectivity index (χ0v) is 25.7. The number of halogens is 1. The van der Waals surface area contributed by atoms with E-state index in [2.05, 4.69) is 47.3 Å². The molecule has 3 heterocycles. The third-order valence-electron chi connectivity index (χ3n) is 7.95. The Morgan fingerprint density at radius 1 is 1.18 bits per heavy atom. The molecule has 3 N–H and O–H groups in total. The molecular weight excluding hydrogens is 566 g/mol. The van der Waals surface area contributed by atoms with E-state index in [9.17, 15) is 19.5 Å². The molecule has 3 aliphatic heterocycles. The minimum Gasteiger partial charge on any atom is -0.394 e. The number of nitrogens with one attached hydrogen (secondary N) is 2. The number of likely N-dealkylation sites (tertiary alicyclic amines) is 1. The van der Waals surface area contributed by atoms with E-state index in [-0.39, 0.29) is 39.8 Å². The lowest BCUT2D eigenvalue weighted by atomic mass is 9.70. The van der Waals surface area contributed by atoms with Gasteiger partial charge in [-0.25, -0.2) is 0 Å². The minimum atomic E-state index is -0.810. The number of benzene rings is 1. The van der Waals surface area contributed by atoms with Crippen molar-refractivity contribution in [1.29, 1.82) is 0 Å². The maximum atomic E-state index is 14.4. The molecule has 3 aliphatic rings. The van der Waals surface area contributed by atoms with Crippen molar-refractivity contribution in [2.75, 3.05) is 13.2 Å². The number of fused-ring (bicyclic) bond motifs is 1. The van der Waals surface area contributed by atoms with Crippen LogP contribution < -0.4 is 10.6 Å². The van der Waals surface area contributed by atoms with Gasteiger partial charge in [0.05, 0.1) is 29.2 Å². The van der Waals surface area contributed by atoms with Crippen molar-refractivity contribution in [3.8, 4) is 0 Å². The van der Waals surface area contributed by atoms with E-state index in [4.69, 9.17) is 0 Å². The third-order valence-corrected chi connectivity index (χ3v) is 11.2. The zero-order valence-electron chi connectivity index (χ0n) is 23.3. The lowest BCUT2D eigenvalue weighted by molar-refractivity contribution is -0.143. The van der Waals surface area contributed by atoms with E-state index in [1.54, 1.807) is 16.7 Å². The van der Waals surface area contributed by atoms with Crippen LogP contribution in [0.5, 0.6) is 0 Å². The SMILES string of the molecule is CCCNC(=O)[C@H]1[C@H]2C(=O)N([C@H](CO)c3ccccc3)C(C(=O)NC(C)(C)CC(C)(C)C)C23CC(Br)[C@@H]1S3. The number of aliphatic hydroxyl groups is 1. The first-order chi connectivity index (χ1) is 17.8. The van der Waals surface area contributed by atoms with Gasteiger partial charge in [-0.15, -0.1) is 11.8 Å². The molecule has 0 aromatic heterocycles. The van der Waals surface area contributed by atoms with E-state index < -0.39 is 34.2 Å². The predicted octanol–water partition coefficient (Wildman–Crippen LogP) is 4.04. The van der Waals surface area contributed by atoms with E-state index in [1.807, 2.05) is 51.1 Å². The van der Waals surface area contributed by atoms with Crippen LogP contribution in [0.2, 0.25) is 0 Å². The molecule has 0 saturated carbocycles. The Morgan fingerprint density at radius 2 is 1.84 bits per heavy atom. The molecule has 3 unspecified atom stereocenters. The van der Waals surface area contributed by atoms with Crippen molar-refractivity contribution in [1.82, 2.24) is 15.5 Å². The van der Waals surface area contributed by atoms with E-state index in [0.29, 0.717) is 13.0 Å². The number of hydrogen-bond acceptors (Lipinski definition) is 5. The van der Waals surface area contributed by atoms with Crippen LogP contribution in [0.1, 0.15) is 72.4 Å². The molecule has 3 fully saturated rings. The Morgan fingerprint density at radius 3 is 2.42 bits per heavy atom. The average molecular weight is 609 g/mol. The van der Waals surface area contributed by atoms with Gasteiger partial charge in [0.25, 0.3) is 0 Å².